The van der Waals surface area contributed by atoms with E-state index in [2.05, 4.69) is 16.2 Å². The van der Waals surface area contributed by atoms with E-state index in [1.54, 1.807) is 0 Å². The van der Waals surface area contributed by atoms with Crippen molar-refractivity contribution in [2.45, 2.75) is 0 Å². The number of nitro groups is 1. The monoisotopic (exact) mass is 388 g/mol. The maximum absolute atomic E-state index is 12.8. The van der Waals surface area contributed by atoms with Crippen LogP contribution < -0.4 is 16.2 Å². The predicted molar refractivity (Wildman–Crippen MR) is 99.9 cm³/mol. The fourth-order valence-electron chi connectivity index (χ4n) is 1.85. The number of rotatable bonds is 4. The van der Waals surface area contributed by atoms with E-state index in [0.717, 1.165) is 0 Å². The highest BCUT2D eigenvalue weighted by molar-refractivity contribution is 7.80. The first kappa shape index (κ1) is 19.7. The summed E-state index contributed by atoms with van der Waals surface area (Å²) in [6.45, 7) is 0. The fourth-order valence-corrected chi connectivity index (χ4v) is 2.00. The van der Waals surface area contributed by atoms with Gasteiger partial charge >= 0.3 is 0 Å². The number of nitrogens with one attached hydrogen (secondary N) is 3. The molecule has 27 heavy (non-hydrogen) atoms. The van der Waals surface area contributed by atoms with Crippen LogP contribution in [0.4, 0.5) is 10.1 Å². The van der Waals surface area contributed by atoms with Crippen LogP contribution in [0.15, 0.2) is 54.6 Å². The third kappa shape index (κ3) is 6.29. The lowest BCUT2D eigenvalue weighted by Crippen LogP contribution is -2.48. The van der Waals surface area contributed by atoms with Crippen LogP contribution in [0.2, 0.25) is 0 Å². The standard InChI is InChI=1S/C17H13FN4O4S/c18-13-6-1-11(2-7-13)3-10-15(23)19-17(27)21-20-16(24)12-4-8-14(9-5-12)22(25)26/h1-10H,(H,20,24)(H2,19,21,23,27). The van der Waals surface area contributed by atoms with Crippen LogP contribution in [0.3, 0.4) is 0 Å². The molecule has 0 saturated carbocycles. The van der Waals surface area contributed by atoms with Gasteiger partial charge in [-0.1, -0.05) is 12.1 Å². The van der Waals surface area contributed by atoms with E-state index >= 15 is 0 Å². The van der Waals surface area contributed by atoms with Crippen molar-refractivity contribution in [3.05, 3.63) is 81.7 Å². The molecule has 0 aliphatic heterocycles. The second kappa shape index (κ2) is 9.15. The molecule has 2 aromatic carbocycles. The van der Waals surface area contributed by atoms with E-state index in [1.165, 1.54) is 60.7 Å². The van der Waals surface area contributed by atoms with Crippen LogP contribution >= 0.6 is 12.2 Å². The number of benzene rings is 2. The van der Waals surface area contributed by atoms with Gasteiger partial charge < -0.3 is 0 Å². The average Bonchev–Trinajstić information content (AvgIpc) is 2.65. The molecule has 138 valence electrons. The summed E-state index contributed by atoms with van der Waals surface area (Å²) in [5.74, 6) is -1.53. The Hall–Kier alpha value is -3.66. The first-order chi connectivity index (χ1) is 12.8. The smallest absolute Gasteiger partial charge is 0.269 e. The van der Waals surface area contributed by atoms with Crippen molar-refractivity contribution < 1.29 is 18.9 Å². The summed E-state index contributed by atoms with van der Waals surface area (Å²) >= 11 is 4.87. The van der Waals surface area contributed by atoms with Gasteiger partial charge in [0.05, 0.1) is 4.92 Å². The Bertz CT molecular complexity index is 898. The van der Waals surface area contributed by atoms with E-state index in [0.29, 0.717) is 5.56 Å². The summed E-state index contributed by atoms with van der Waals surface area (Å²) in [6.07, 6.45) is 2.66. The van der Waals surface area contributed by atoms with Crippen LogP contribution in [0.25, 0.3) is 6.08 Å². The van der Waals surface area contributed by atoms with Gasteiger partial charge in [0.25, 0.3) is 11.6 Å². The normalized spacial score (nSPS) is 10.3. The van der Waals surface area contributed by atoms with Crippen molar-refractivity contribution in [1.82, 2.24) is 16.2 Å². The van der Waals surface area contributed by atoms with Crippen molar-refractivity contribution >= 4 is 40.9 Å². The Kier molecular flexibility index (Phi) is 6.67. The number of carbonyl (C=O) groups excluding carboxylic acids is 2. The predicted octanol–water partition coefficient (Wildman–Crippen LogP) is 2.08. The number of amides is 2. The molecule has 2 amide bonds. The number of thiocarbonyl (C=S) groups is 1. The Morgan fingerprint density at radius 2 is 1.67 bits per heavy atom. The summed E-state index contributed by atoms with van der Waals surface area (Å²) in [5, 5.41) is 12.7. The molecule has 0 aromatic heterocycles. The lowest BCUT2D eigenvalue weighted by molar-refractivity contribution is -0.384. The SMILES string of the molecule is O=C(C=Cc1ccc(F)cc1)NC(=S)NNC(=O)c1ccc([N+](=O)[O-])cc1. The number of hydrogen-bond acceptors (Lipinski definition) is 5. The zero-order chi connectivity index (χ0) is 19.8. The van der Waals surface area contributed by atoms with E-state index in [1.807, 2.05) is 0 Å². The fraction of sp³-hybridized carbons (Fsp3) is 0. The minimum Gasteiger partial charge on any atom is -0.298 e. The van der Waals surface area contributed by atoms with E-state index in [9.17, 15) is 24.1 Å². The zero-order valence-corrected chi connectivity index (χ0v) is 14.5. The highest BCUT2D eigenvalue weighted by Gasteiger charge is 2.10. The molecule has 0 saturated heterocycles. The number of halogens is 1. The van der Waals surface area contributed by atoms with E-state index < -0.39 is 16.7 Å². The molecule has 8 nitrogen and oxygen atoms in total. The third-order valence-electron chi connectivity index (χ3n) is 3.16. The van der Waals surface area contributed by atoms with Crippen molar-refractivity contribution in [2.75, 3.05) is 0 Å². The molecule has 0 aliphatic rings. The van der Waals surface area contributed by atoms with Gasteiger partial charge in [0.2, 0.25) is 5.91 Å². The topological polar surface area (TPSA) is 113 Å². The molecule has 0 fully saturated rings. The van der Waals surface area contributed by atoms with Gasteiger partial charge in [-0.25, -0.2) is 4.39 Å². The molecule has 2 rings (SSSR count). The molecule has 0 aliphatic carbocycles. The van der Waals surface area contributed by atoms with Crippen molar-refractivity contribution in [3.63, 3.8) is 0 Å². The summed E-state index contributed by atoms with van der Waals surface area (Å²) in [6, 6.07) is 10.5. The van der Waals surface area contributed by atoms with Gasteiger partial charge in [-0.05, 0) is 48.1 Å². The Morgan fingerprint density at radius 3 is 2.26 bits per heavy atom. The maximum Gasteiger partial charge on any atom is 0.269 e. The van der Waals surface area contributed by atoms with Gasteiger partial charge in [0.1, 0.15) is 5.82 Å². The number of carbonyl (C=O) groups is 2. The first-order valence-electron chi connectivity index (χ1n) is 7.44. The van der Waals surface area contributed by atoms with Crippen LogP contribution in [-0.2, 0) is 4.79 Å². The Balaban J connectivity index is 1.80. The second-order valence-corrected chi connectivity index (χ2v) is 5.49. The molecule has 0 unspecified atom stereocenters. The van der Waals surface area contributed by atoms with Gasteiger partial charge in [-0.3, -0.25) is 35.9 Å². The molecule has 3 N–H and O–H groups in total. The molecule has 0 heterocycles. The summed E-state index contributed by atoms with van der Waals surface area (Å²) < 4.78 is 12.8. The number of nitro benzene ring substituents is 1. The van der Waals surface area contributed by atoms with E-state index in [4.69, 9.17) is 12.2 Å². The molecule has 0 radical (unpaired) electrons. The second-order valence-electron chi connectivity index (χ2n) is 5.09. The lowest BCUT2D eigenvalue weighted by Gasteiger charge is -2.09. The van der Waals surface area contributed by atoms with Crippen molar-refractivity contribution in [3.8, 4) is 0 Å². The molecule has 0 atom stereocenters. The van der Waals surface area contributed by atoms with Gasteiger partial charge in [0.15, 0.2) is 5.11 Å². The molecule has 2 aromatic rings. The highest BCUT2D eigenvalue weighted by Crippen LogP contribution is 2.11. The number of nitrogens with zero attached hydrogens (tertiary/aromatic N) is 1. The molecule has 0 spiro atoms. The summed E-state index contributed by atoms with van der Waals surface area (Å²) in [5.41, 5.74) is 5.23. The minimum atomic E-state index is -0.594. The number of non-ortho nitro benzene ring substituents is 1. The number of hydrazine groups is 1. The van der Waals surface area contributed by atoms with Gasteiger partial charge in [-0.2, -0.15) is 0 Å². The maximum atomic E-state index is 12.8. The zero-order valence-electron chi connectivity index (χ0n) is 13.6. The first-order valence-corrected chi connectivity index (χ1v) is 7.85. The van der Waals surface area contributed by atoms with Gasteiger partial charge in [0, 0.05) is 23.8 Å². The van der Waals surface area contributed by atoms with Gasteiger partial charge in [-0.15, -0.1) is 0 Å². The Morgan fingerprint density at radius 1 is 1.04 bits per heavy atom. The van der Waals surface area contributed by atoms with Crippen LogP contribution in [-0.4, -0.2) is 21.9 Å². The van der Waals surface area contributed by atoms with Crippen LogP contribution in [0.5, 0.6) is 0 Å². The molecular formula is C17H13FN4O4S. The molecule has 0 bridgehead atoms. The van der Waals surface area contributed by atoms with Crippen LogP contribution in [0.1, 0.15) is 15.9 Å². The highest BCUT2D eigenvalue weighted by atomic mass is 32.1. The minimum absolute atomic E-state index is 0.143. The van der Waals surface area contributed by atoms with Crippen LogP contribution in [0, 0.1) is 15.9 Å². The quantitative estimate of drug-likeness (QED) is 0.320. The number of hydrogen-bond donors (Lipinski definition) is 3. The lowest BCUT2D eigenvalue weighted by atomic mass is 10.2. The largest absolute Gasteiger partial charge is 0.298 e. The molecular weight excluding hydrogens is 375 g/mol. The summed E-state index contributed by atoms with van der Waals surface area (Å²) in [4.78, 5) is 33.6. The van der Waals surface area contributed by atoms with Crippen molar-refractivity contribution in [1.29, 1.82) is 0 Å². The summed E-state index contributed by atoms with van der Waals surface area (Å²) in [7, 11) is 0. The molecule has 10 heteroatoms. The van der Waals surface area contributed by atoms with Crippen molar-refractivity contribution in [2.24, 2.45) is 0 Å². The average molecular weight is 388 g/mol. The third-order valence-corrected chi connectivity index (χ3v) is 3.37. The Labute approximate surface area is 158 Å². The van der Waals surface area contributed by atoms with E-state index in [-0.39, 0.29) is 22.2 Å².